The number of hydrogen-bond acceptors (Lipinski definition) is 3. The first-order chi connectivity index (χ1) is 12.6. The van der Waals surface area contributed by atoms with E-state index < -0.39 is 0 Å². The Bertz CT molecular complexity index is 481. The molecule has 2 atom stereocenters. The van der Waals surface area contributed by atoms with Gasteiger partial charge in [-0.3, -0.25) is 4.79 Å². The molecule has 0 aliphatic rings. The Morgan fingerprint density at radius 3 is 2.15 bits per heavy atom. The number of carbonyl (C=O) groups excluding carboxylic acids is 1. The molecule has 1 aromatic carbocycles. The van der Waals surface area contributed by atoms with Crippen molar-refractivity contribution >= 4 is 5.97 Å². The van der Waals surface area contributed by atoms with E-state index in [1.165, 1.54) is 50.5 Å². The molecule has 0 aliphatic carbocycles. The van der Waals surface area contributed by atoms with Crippen LogP contribution in [-0.2, 0) is 16.0 Å². The fourth-order valence-electron chi connectivity index (χ4n) is 2.80. The maximum Gasteiger partial charge on any atom is 0.308 e. The molecule has 0 saturated heterocycles. The summed E-state index contributed by atoms with van der Waals surface area (Å²) in [7, 11) is 0. The van der Waals surface area contributed by atoms with Crippen molar-refractivity contribution in [1.29, 1.82) is 0 Å². The number of benzene rings is 1. The summed E-state index contributed by atoms with van der Waals surface area (Å²) >= 11 is 0. The monoisotopic (exact) mass is 362 g/mol. The topological polar surface area (TPSA) is 35.5 Å². The summed E-state index contributed by atoms with van der Waals surface area (Å²) in [6.07, 6.45) is 11.2. The van der Waals surface area contributed by atoms with Crippen LogP contribution in [0.25, 0.3) is 0 Å². The van der Waals surface area contributed by atoms with E-state index in [9.17, 15) is 4.79 Å². The van der Waals surface area contributed by atoms with Crippen molar-refractivity contribution in [3.63, 3.8) is 0 Å². The van der Waals surface area contributed by atoms with E-state index in [0.29, 0.717) is 6.61 Å². The van der Waals surface area contributed by atoms with Crippen LogP contribution in [-0.4, -0.2) is 18.7 Å². The van der Waals surface area contributed by atoms with Crippen molar-refractivity contribution < 1.29 is 14.3 Å². The second kappa shape index (κ2) is 13.7. The van der Waals surface area contributed by atoms with Crippen molar-refractivity contribution in [1.82, 2.24) is 0 Å². The van der Waals surface area contributed by atoms with Gasteiger partial charge in [-0.15, -0.1) is 0 Å². The van der Waals surface area contributed by atoms with Crippen LogP contribution >= 0.6 is 0 Å². The molecular weight excluding hydrogens is 324 g/mol. The van der Waals surface area contributed by atoms with Crippen LogP contribution < -0.4 is 4.74 Å². The summed E-state index contributed by atoms with van der Waals surface area (Å²) < 4.78 is 11.1. The minimum Gasteiger partial charge on any atom is -0.487 e. The van der Waals surface area contributed by atoms with Crippen molar-refractivity contribution in [2.45, 2.75) is 91.6 Å². The number of hydrogen-bond donors (Lipinski definition) is 0. The summed E-state index contributed by atoms with van der Waals surface area (Å²) in [6.45, 7) is 8.35. The Hall–Kier alpha value is -1.51. The van der Waals surface area contributed by atoms with Crippen molar-refractivity contribution in [2.24, 2.45) is 5.92 Å². The molecule has 0 saturated carbocycles. The van der Waals surface area contributed by atoms with Crippen LogP contribution in [0.4, 0.5) is 0 Å². The first kappa shape index (κ1) is 22.5. The average Bonchev–Trinajstić information content (AvgIpc) is 2.66. The van der Waals surface area contributed by atoms with Gasteiger partial charge in [-0.1, -0.05) is 71.4 Å². The molecule has 0 fully saturated rings. The van der Waals surface area contributed by atoms with E-state index in [4.69, 9.17) is 9.47 Å². The molecule has 0 radical (unpaired) electrons. The molecule has 0 spiro atoms. The third-order valence-electron chi connectivity index (χ3n) is 4.80. The minimum absolute atomic E-state index is 0.0480. The van der Waals surface area contributed by atoms with Gasteiger partial charge in [0, 0.05) is 0 Å². The van der Waals surface area contributed by atoms with E-state index in [2.05, 4.69) is 19.1 Å². The highest BCUT2D eigenvalue weighted by molar-refractivity contribution is 5.71. The molecule has 3 heteroatoms. The van der Waals surface area contributed by atoms with E-state index >= 15 is 0 Å². The van der Waals surface area contributed by atoms with Gasteiger partial charge in [0.1, 0.15) is 18.5 Å². The fourth-order valence-corrected chi connectivity index (χ4v) is 2.80. The highest BCUT2D eigenvalue weighted by Crippen LogP contribution is 2.17. The maximum absolute atomic E-state index is 11.7. The third kappa shape index (κ3) is 9.84. The number of esters is 1. The third-order valence-corrected chi connectivity index (χ3v) is 4.80. The van der Waals surface area contributed by atoms with Gasteiger partial charge in [-0.25, -0.2) is 0 Å². The van der Waals surface area contributed by atoms with Gasteiger partial charge in [0.2, 0.25) is 0 Å². The lowest BCUT2D eigenvalue weighted by Gasteiger charge is -2.16. The zero-order chi connectivity index (χ0) is 19.2. The van der Waals surface area contributed by atoms with Gasteiger partial charge >= 0.3 is 5.97 Å². The molecule has 0 aliphatic heterocycles. The highest BCUT2D eigenvalue weighted by atomic mass is 16.6. The predicted molar refractivity (Wildman–Crippen MR) is 109 cm³/mol. The molecular formula is C23H38O3. The zero-order valence-electron chi connectivity index (χ0n) is 17.3. The van der Waals surface area contributed by atoms with Crippen LogP contribution in [0.2, 0.25) is 0 Å². The molecule has 148 valence electrons. The van der Waals surface area contributed by atoms with Crippen LogP contribution in [0.15, 0.2) is 24.3 Å². The van der Waals surface area contributed by atoms with E-state index in [1.54, 1.807) is 0 Å². The van der Waals surface area contributed by atoms with Gasteiger partial charge in [-0.2, -0.15) is 0 Å². The minimum atomic E-state index is -0.145. The van der Waals surface area contributed by atoms with Crippen LogP contribution in [0.5, 0.6) is 5.75 Å². The summed E-state index contributed by atoms with van der Waals surface area (Å²) in [5.41, 5.74) is 1.36. The summed E-state index contributed by atoms with van der Waals surface area (Å²) in [6, 6.07) is 8.32. The van der Waals surface area contributed by atoms with Gasteiger partial charge in [0.05, 0.1) is 5.92 Å². The first-order valence-corrected chi connectivity index (χ1v) is 10.5. The maximum atomic E-state index is 11.7. The number of unbranched alkanes of at least 4 members (excludes halogenated alkanes) is 6. The fraction of sp³-hybridized carbons (Fsp3) is 0.696. The Morgan fingerprint density at radius 1 is 0.923 bits per heavy atom. The van der Waals surface area contributed by atoms with Gasteiger partial charge in [0.15, 0.2) is 0 Å². The molecule has 1 rings (SSSR count). The van der Waals surface area contributed by atoms with E-state index in [1.807, 2.05) is 32.9 Å². The van der Waals surface area contributed by atoms with E-state index in [-0.39, 0.29) is 18.0 Å². The lowest BCUT2D eigenvalue weighted by Crippen LogP contribution is -2.24. The molecule has 1 aromatic rings. The van der Waals surface area contributed by atoms with E-state index in [0.717, 1.165) is 18.6 Å². The summed E-state index contributed by atoms with van der Waals surface area (Å²) in [4.78, 5) is 11.7. The Labute approximate surface area is 160 Å². The first-order valence-electron chi connectivity index (χ1n) is 10.5. The Morgan fingerprint density at radius 2 is 1.54 bits per heavy atom. The number of ether oxygens (including phenoxy) is 2. The lowest BCUT2D eigenvalue weighted by molar-refractivity contribution is -0.150. The van der Waals surface area contributed by atoms with Crippen LogP contribution in [0, 0.1) is 5.92 Å². The predicted octanol–water partition coefficient (Wildman–Crippen LogP) is 6.34. The SMILES string of the molecule is CCCCCCCCCc1ccc(OC(C)COC(=O)[C@@H](C)CC)cc1. The summed E-state index contributed by atoms with van der Waals surface area (Å²) in [5, 5.41) is 0. The molecule has 0 amide bonds. The number of carbonyl (C=O) groups is 1. The van der Waals surface area contributed by atoms with Gasteiger partial charge < -0.3 is 9.47 Å². The number of rotatable bonds is 14. The average molecular weight is 363 g/mol. The lowest BCUT2D eigenvalue weighted by atomic mass is 10.0. The second-order valence-corrected chi connectivity index (χ2v) is 7.38. The standard InChI is InChI=1S/C23H38O3/c1-5-7-8-9-10-11-12-13-21-14-16-22(17-15-21)26-20(4)18-25-23(24)19(3)6-2/h14-17,19-20H,5-13,18H2,1-4H3/t19-,20?/m0/s1. The van der Waals surface area contributed by atoms with Crippen molar-refractivity contribution in [3.8, 4) is 5.75 Å². The van der Waals surface area contributed by atoms with Crippen molar-refractivity contribution in [2.75, 3.05) is 6.61 Å². The molecule has 3 nitrogen and oxygen atoms in total. The highest BCUT2D eigenvalue weighted by Gasteiger charge is 2.14. The zero-order valence-corrected chi connectivity index (χ0v) is 17.3. The van der Waals surface area contributed by atoms with Crippen LogP contribution in [0.3, 0.4) is 0 Å². The Kier molecular flexibility index (Phi) is 11.8. The largest absolute Gasteiger partial charge is 0.487 e. The normalized spacial score (nSPS) is 13.2. The Balaban J connectivity index is 2.22. The molecule has 0 heterocycles. The van der Waals surface area contributed by atoms with Crippen LogP contribution in [0.1, 0.15) is 84.6 Å². The van der Waals surface area contributed by atoms with Gasteiger partial charge in [0.25, 0.3) is 0 Å². The van der Waals surface area contributed by atoms with Crippen molar-refractivity contribution in [3.05, 3.63) is 29.8 Å². The van der Waals surface area contributed by atoms with Gasteiger partial charge in [-0.05, 0) is 43.9 Å². The second-order valence-electron chi connectivity index (χ2n) is 7.38. The molecule has 0 bridgehead atoms. The quantitative estimate of drug-likeness (QED) is 0.286. The molecule has 0 N–H and O–H groups in total. The summed E-state index contributed by atoms with van der Waals surface area (Å²) in [5.74, 6) is 0.640. The molecule has 0 aromatic heterocycles. The molecule has 1 unspecified atom stereocenters. The smallest absolute Gasteiger partial charge is 0.308 e. The molecule has 26 heavy (non-hydrogen) atoms. The number of aryl methyl sites for hydroxylation is 1.